The Bertz CT molecular complexity index is 868. The maximum atomic E-state index is 11.5. The van der Waals surface area contributed by atoms with Gasteiger partial charge in [-0.3, -0.25) is 5.10 Å². The van der Waals surface area contributed by atoms with Gasteiger partial charge in [0.15, 0.2) is 5.65 Å². The van der Waals surface area contributed by atoms with E-state index in [0.717, 1.165) is 5.56 Å². The van der Waals surface area contributed by atoms with Crippen LogP contribution in [0.1, 0.15) is 21.6 Å². The largest absolute Gasteiger partial charge is 0.508 e. The minimum Gasteiger partial charge on any atom is -0.508 e. The Labute approximate surface area is 120 Å². The van der Waals surface area contributed by atoms with E-state index in [1.165, 1.54) is 6.07 Å². The van der Waals surface area contributed by atoms with Crippen LogP contribution in [0, 0.1) is 13.8 Å². The summed E-state index contributed by atoms with van der Waals surface area (Å²) in [5, 5.41) is 26.2. The number of H-pyrrole nitrogens is 1. The third-order valence-corrected chi connectivity index (χ3v) is 3.43. The van der Waals surface area contributed by atoms with Gasteiger partial charge in [-0.15, -0.1) is 0 Å². The molecule has 2 heterocycles. The van der Waals surface area contributed by atoms with Gasteiger partial charge in [-0.2, -0.15) is 5.10 Å². The molecule has 1 aromatic carbocycles. The van der Waals surface area contributed by atoms with Crippen LogP contribution in [0.3, 0.4) is 0 Å². The van der Waals surface area contributed by atoms with E-state index in [-0.39, 0.29) is 11.3 Å². The number of hydrogen-bond acceptors (Lipinski definition) is 4. The third-order valence-electron chi connectivity index (χ3n) is 3.43. The number of nitrogens with one attached hydrogen (secondary N) is 1. The summed E-state index contributed by atoms with van der Waals surface area (Å²) in [4.78, 5) is 15.9. The van der Waals surface area contributed by atoms with Crippen LogP contribution in [0.4, 0.5) is 0 Å². The van der Waals surface area contributed by atoms with E-state index in [1.54, 1.807) is 32.0 Å². The quantitative estimate of drug-likeness (QED) is 0.671. The van der Waals surface area contributed by atoms with E-state index in [9.17, 15) is 15.0 Å². The molecule has 0 spiro atoms. The first-order valence-electron chi connectivity index (χ1n) is 6.36. The zero-order valence-corrected chi connectivity index (χ0v) is 11.5. The number of pyridine rings is 1. The number of phenols is 1. The van der Waals surface area contributed by atoms with Crippen molar-refractivity contribution in [3.8, 4) is 17.0 Å². The minimum absolute atomic E-state index is 0.159. The summed E-state index contributed by atoms with van der Waals surface area (Å²) >= 11 is 0. The molecule has 106 valence electrons. The average Bonchev–Trinajstić information content (AvgIpc) is 2.82. The van der Waals surface area contributed by atoms with Crippen molar-refractivity contribution in [2.45, 2.75) is 13.8 Å². The number of hydrogen-bond donors (Lipinski definition) is 3. The number of benzene rings is 1. The van der Waals surface area contributed by atoms with Gasteiger partial charge >= 0.3 is 5.97 Å². The van der Waals surface area contributed by atoms with Gasteiger partial charge in [0.1, 0.15) is 5.75 Å². The number of phenolic OH excluding ortho intramolecular Hbond substituents is 1. The second-order valence-electron chi connectivity index (χ2n) is 4.89. The Morgan fingerprint density at radius 3 is 2.67 bits per heavy atom. The highest BCUT2D eigenvalue weighted by Gasteiger charge is 2.17. The van der Waals surface area contributed by atoms with Gasteiger partial charge in [0, 0.05) is 5.56 Å². The maximum absolute atomic E-state index is 11.5. The number of aromatic nitrogens is 3. The van der Waals surface area contributed by atoms with Gasteiger partial charge in [0.2, 0.25) is 0 Å². The molecule has 0 amide bonds. The fraction of sp³-hybridized carbons (Fsp3) is 0.133. The molecule has 6 nitrogen and oxygen atoms in total. The van der Waals surface area contributed by atoms with Gasteiger partial charge in [0.25, 0.3) is 0 Å². The number of aryl methyl sites for hydroxylation is 2. The Kier molecular flexibility index (Phi) is 2.86. The Morgan fingerprint density at radius 2 is 2.00 bits per heavy atom. The second kappa shape index (κ2) is 4.59. The van der Waals surface area contributed by atoms with E-state index in [2.05, 4.69) is 15.2 Å². The smallest absolute Gasteiger partial charge is 0.336 e. The molecular weight excluding hydrogens is 270 g/mol. The summed E-state index contributed by atoms with van der Waals surface area (Å²) in [6.07, 6.45) is 0. The number of fused-ring (bicyclic) bond motifs is 1. The van der Waals surface area contributed by atoms with Crippen LogP contribution in [-0.2, 0) is 0 Å². The van der Waals surface area contributed by atoms with Crippen molar-refractivity contribution in [2.75, 3.05) is 0 Å². The Hall–Kier alpha value is -2.89. The lowest BCUT2D eigenvalue weighted by atomic mass is 10.0. The molecule has 3 aromatic rings. The molecule has 0 atom stereocenters. The predicted molar refractivity (Wildman–Crippen MR) is 77.4 cm³/mol. The molecule has 6 heteroatoms. The van der Waals surface area contributed by atoms with Gasteiger partial charge in [-0.05, 0) is 43.7 Å². The number of nitrogens with zero attached hydrogens (tertiary/aromatic N) is 2. The number of carboxylic acid groups (broad SMARTS) is 1. The zero-order chi connectivity index (χ0) is 15.1. The highest BCUT2D eigenvalue weighted by molar-refractivity contribution is 6.03. The molecule has 21 heavy (non-hydrogen) atoms. The van der Waals surface area contributed by atoms with Crippen LogP contribution in [0.25, 0.3) is 22.3 Å². The lowest BCUT2D eigenvalue weighted by Crippen LogP contribution is -2.00. The number of aromatic amines is 1. The summed E-state index contributed by atoms with van der Waals surface area (Å²) in [6.45, 7) is 3.51. The normalized spacial score (nSPS) is 11.0. The van der Waals surface area contributed by atoms with E-state index in [1.807, 2.05) is 0 Å². The van der Waals surface area contributed by atoms with Crippen LogP contribution in [0.2, 0.25) is 0 Å². The molecule has 0 unspecified atom stereocenters. The second-order valence-corrected chi connectivity index (χ2v) is 4.89. The fourth-order valence-corrected chi connectivity index (χ4v) is 2.32. The van der Waals surface area contributed by atoms with Crippen LogP contribution >= 0.6 is 0 Å². The van der Waals surface area contributed by atoms with Crippen molar-refractivity contribution in [3.05, 3.63) is 41.1 Å². The molecule has 2 aromatic heterocycles. The Balaban J connectivity index is 2.28. The van der Waals surface area contributed by atoms with Crippen LogP contribution < -0.4 is 0 Å². The number of aromatic hydroxyl groups is 1. The highest BCUT2D eigenvalue weighted by atomic mass is 16.4. The lowest BCUT2D eigenvalue weighted by Gasteiger charge is -2.06. The summed E-state index contributed by atoms with van der Waals surface area (Å²) in [7, 11) is 0. The SMILES string of the molecule is Cc1cc(-c2cc(C(=O)O)c3c(C)n[nH]c3n2)ccc1O. The Morgan fingerprint density at radius 1 is 1.24 bits per heavy atom. The zero-order valence-electron chi connectivity index (χ0n) is 11.5. The fourth-order valence-electron chi connectivity index (χ4n) is 2.32. The monoisotopic (exact) mass is 283 g/mol. The molecule has 3 N–H and O–H groups in total. The van der Waals surface area contributed by atoms with Gasteiger partial charge in [0.05, 0.1) is 22.3 Å². The molecule has 0 fully saturated rings. The minimum atomic E-state index is -1.02. The molecule has 0 aliphatic carbocycles. The first kappa shape index (κ1) is 13.1. The molecule has 0 aliphatic heterocycles. The van der Waals surface area contributed by atoms with Crippen LogP contribution in [0.15, 0.2) is 24.3 Å². The molecule has 3 rings (SSSR count). The van der Waals surface area contributed by atoms with Crippen molar-refractivity contribution >= 4 is 17.0 Å². The molecule has 0 radical (unpaired) electrons. The average molecular weight is 283 g/mol. The molecular formula is C15H13N3O3. The van der Waals surface area contributed by atoms with Crippen molar-refractivity contribution < 1.29 is 15.0 Å². The topological polar surface area (TPSA) is 99.1 Å². The van der Waals surface area contributed by atoms with Crippen molar-refractivity contribution in [3.63, 3.8) is 0 Å². The van der Waals surface area contributed by atoms with Gasteiger partial charge in [-0.25, -0.2) is 9.78 Å². The van der Waals surface area contributed by atoms with Gasteiger partial charge in [-0.1, -0.05) is 0 Å². The summed E-state index contributed by atoms with van der Waals surface area (Å²) < 4.78 is 0. The van der Waals surface area contributed by atoms with Crippen molar-refractivity contribution in [1.29, 1.82) is 0 Å². The molecule has 0 bridgehead atoms. The third kappa shape index (κ3) is 2.10. The number of carboxylic acids is 1. The van der Waals surface area contributed by atoms with Crippen molar-refractivity contribution in [2.24, 2.45) is 0 Å². The van der Waals surface area contributed by atoms with E-state index >= 15 is 0 Å². The number of rotatable bonds is 2. The maximum Gasteiger partial charge on any atom is 0.336 e. The summed E-state index contributed by atoms with van der Waals surface area (Å²) in [5.41, 5.74) is 3.16. The summed E-state index contributed by atoms with van der Waals surface area (Å²) in [5.74, 6) is -0.834. The molecule has 0 saturated heterocycles. The van der Waals surface area contributed by atoms with E-state index < -0.39 is 5.97 Å². The first-order valence-corrected chi connectivity index (χ1v) is 6.36. The number of carbonyl (C=O) groups is 1. The molecule has 0 saturated carbocycles. The standard InChI is InChI=1S/C15H13N3O3/c1-7-5-9(3-4-12(7)19)11-6-10(15(20)21)13-8(2)17-18-14(13)16-11/h3-6,19H,1-2H3,(H,20,21)(H,16,17,18). The van der Waals surface area contributed by atoms with E-state index in [4.69, 9.17) is 0 Å². The van der Waals surface area contributed by atoms with Crippen LogP contribution in [0.5, 0.6) is 5.75 Å². The number of aromatic carboxylic acids is 1. The van der Waals surface area contributed by atoms with Crippen LogP contribution in [-0.4, -0.2) is 31.4 Å². The van der Waals surface area contributed by atoms with Gasteiger partial charge < -0.3 is 10.2 Å². The van der Waals surface area contributed by atoms with Crippen molar-refractivity contribution in [1.82, 2.24) is 15.2 Å². The first-order chi connectivity index (χ1) is 9.97. The highest BCUT2D eigenvalue weighted by Crippen LogP contribution is 2.28. The molecule has 0 aliphatic rings. The predicted octanol–water partition coefficient (Wildman–Crippen LogP) is 2.65. The summed E-state index contributed by atoms with van der Waals surface area (Å²) in [6, 6.07) is 6.55. The lowest BCUT2D eigenvalue weighted by molar-refractivity contribution is 0.0699. The van der Waals surface area contributed by atoms with E-state index in [0.29, 0.717) is 28.0 Å².